The van der Waals surface area contributed by atoms with Crippen molar-refractivity contribution < 1.29 is 31.7 Å². The fourth-order valence-electron chi connectivity index (χ4n) is 2.12. The van der Waals surface area contributed by atoms with E-state index in [-0.39, 0.29) is 6.42 Å². The van der Waals surface area contributed by atoms with E-state index in [2.05, 4.69) is 0 Å². The first-order chi connectivity index (χ1) is 10.3. The van der Waals surface area contributed by atoms with Crippen LogP contribution in [0.15, 0.2) is 0 Å². The van der Waals surface area contributed by atoms with Crippen LogP contribution in [0.3, 0.4) is 0 Å². The summed E-state index contributed by atoms with van der Waals surface area (Å²) in [6.45, 7) is -0.415. The summed E-state index contributed by atoms with van der Waals surface area (Å²) in [4.78, 5) is 11.4. The molecule has 7 heteroatoms. The van der Waals surface area contributed by atoms with Gasteiger partial charge in [-0.2, -0.15) is 0 Å². The summed E-state index contributed by atoms with van der Waals surface area (Å²) in [5.41, 5.74) is 2.76. The molecule has 0 fully saturated rings. The molecule has 0 rings (SSSR count). The predicted octanol–water partition coefficient (Wildman–Crippen LogP) is -0.972. The van der Waals surface area contributed by atoms with Crippen molar-refractivity contribution in [2.45, 2.75) is 75.8 Å². The van der Waals surface area contributed by atoms with Crippen molar-refractivity contribution in [1.82, 2.24) is 0 Å². The lowest BCUT2D eigenvalue weighted by Crippen LogP contribution is -2.60. The van der Waals surface area contributed by atoms with Crippen LogP contribution >= 0.6 is 0 Å². The van der Waals surface area contributed by atoms with Crippen molar-refractivity contribution in [1.29, 1.82) is 0 Å². The minimum atomic E-state index is -2.35. The summed E-state index contributed by atoms with van der Waals surface area (Å²) in [6.07, 6.45) is -0.937. The van der Waals surface area contributed by atoms with Gasteiger partial charge in [0.15, 0.2) is 5.60 Å². The van der Waals surface area contributed by atoms with E-state index in [1.54, 1.807) is 0 Å². The number of hydrogen-bond donors (Lipinski definition) is 6. The molecule has 0 aliphatic carbocycles. The SMILES string of the molecule is [2H]CCCCCCCC[C@](O)(C(N)=O)[C@@H](O)[C@H](O)[C@H](O)CO. The Balaban J connectivity index is 4.41. The van der Waals surface area contributed by atoms with Crippen LogP contribution in [-0.2, 0) is 4.79 Å². The average molecular weight is 308 g/mol. The highest BCUT2D eigenvalue weighted by Crippen LogP contribution is 2.23. The average Bonchev–Trinajstić information content (AvgIpc) is 2.51. The summed E-state index contributed by atoms with van der Waals surface area (Å²) in [5, 5.41) is 47.8. The van der Waals surface area contributed by atoms with Gasteiger partial charge in [0.05, 0.1) is 6.61 Å². The molecule has 126 valence electrons. The lowest BCUT2D eigenvalue weighted by molar-refractivity contribution is -0.175. The second-order valence-corrected chi connectivity index (χ2v) is 5.35. The quantitative estimate of drug-likeness (QED) is 0.256. The van der Waals surface area contributed by atoms with Gasteiger partial charge >= 0.3 is 0 Å². The van der Waals surface area contributed by atoms with Crippen molar-refractivity contribution in [3.8, 4) is 0 Å². The second-order valence-electron chi connectivity index (χ2n) is 5.35. The number of unbranched alkanes of at least 4 members (excludes halogenated alkanes) is 5. The van der Waals surface area contributed by atoms with Crippen LogP contribution in [0.5, 0.6) is 0 Å². The predicted molar refractivity (Wildman–Crippen MR) is 77.2 cm³/mol. The van der Waals surface area contributed by atoms with Gasteiger partial charge in [0.25, 0.3) is 5.91 Å². The molecule has 0 aromatic carbocycles. The first-order valence-corrected chi connectivity index (χ1v) is 7.27. The molecule has 4 atom stereocenters. The maximum Gasteiger partial charge on any atom is 0.252 e. The normalized spacial score (nSPS) is 19.4. The van der Waals surface area contributed by atoms with Gasteiger partial charge in [-0.15, -0.1) is 0 Å². The molecule has 0 saturated heterocycles. The van der Waals surface area contributed by atoms with Gasteiger partial charge in [0.2, 0.25) is 0 Å². The summed E-state index contributed by atoms with van der Waals surface area (Å²) in [6, 6.07) is 0. The maximum atomic E-state index is 11.4. The molecule has 0 spiro atoms. The van der Waals surface area contributed by atoms with Gasteiger partial charge in [-0.1, -0.05) is 39.0 Å². The molecule has 0 saturated carbocycles. The number of nitrogens with two attached hydrogens (primary N) is 1. The third kappa shape index (κ3) is 6.27. The van der Waals surface area contributed by atoms with Crippen molar-refractivity contribution in [3.05, 3.63) is 0 Å². The second kappa shape index (κ2) is 10.1. The van der Waals surface area contributed by atoms with E-state index < -0.39 is 36.4 Å². The topological polar surface area (TPSA) is 144 Å². The zero-order chi connectivity index (χ0) is 17.2. The molecule has 0 aliphatic heterocycles. The molecule has 21 heavy (non-hydrogen) atoms. The minimum absolute atomic E-state index is 0.142. The summed E-state index contributed by atoms with van der Waals surface area (Å²) in [7, 11) is 0. The van der Waals surface area contributed by atoms with Crippen LogP contribution in [0, 0.1) is 0 Å². The Morgan fingerprint density at radius 3 is 2.29 bits per heavy atom. The summed E-state index contributed by atoms with van der Waals surface area (Å²) >= 11 is 0. The van der Waals surface area contributed by atoms with E-state index in [9.17, 15) is 25.2 Å². The van der Waals surface area contributed by atoms with Crippen molar-refractivity contribution >= 4 is 5.91 Å². The van der Waals surface area contributed by atoms with Crippen LogP contribution in [0.1, 0.15) is 53.2 Å². The number of carbonyl (C=O) groups is 1. The molecule has 0 heterocycles. The summed E-state index contributed by atoms with van der Waals surface area (Å²) in [5.74, 6) is -1.18. The number of carbonyl (C=O) groups excluding carboxylic acids is 1. The monoisotopic (exact) mass is 308 g/mol. The van der Waals surface area contributed by atoms with Crippen LogP contribution in [0.25, 0.3) is 0 Å². The van der Waals surface area contributed by atoms with Gasteiger partial charge < -0.3 is 31.3 Å². The first-order valence-electron chi connectivity index (χ1n) is 7.98. The smallest absolute Gasteiger partial charge is 0.252 e. The third-order valence-corrected chi connectivity index (χ3v) is 3.63. The first kappa shape index (κ1) is 18.3. The van der Waals surface area contributed by atoms with Crippen LogP contribution < -0.4 is 5.73 Å². The Kier molecular flexibility index (Phi) is 8.79. The molecule has 0 bridgehead atoms. The molecule has 7 nitrogen and oxygen atoms in total. The number of rotatable bonds is 12. The van der Waals surface area contributed by atoms with E-state index in [1.807, 2.05) is 0 Å². The fraction of sp³-hybridized carbons (Fsp3) is 0.929. The van der Waals surface area contributed by atoms with Crippen LogP contribution in [0.2, 0.25) is 0 Å². The van der Waals surface area contributed by atoms with E-state index in [1.165, 1.54) is 0 Å². The van der Waals surface area contributed by atoms with Gasteiger partial charge in [0.1, 0.15) is 18.3 Å². The Bertz CT molecular complexity index is 320. The van der Waals surface area contributed by atoms with Crippen LogP contribution in [-0.4, -0.2) is 62.0 Å². The molecule has 7 N–H and O–H groups in total. The highest BCUT2D eigenvalue weighted by Gasteiger charge is 2.46. The largest absolute Gasteiger partial charge is 0.394 e. The summed E-state index contributed by atoms with van der Waals surface area (Å²) < 4.78 is 7.01. The highest BCUT2D eigenvalue weighted by molar-refractivity contribution is 5.84. The molecule has 0 unspecified atom stereocenters. The van der Waals surface area contributed by atoms with E-state index >= 15 is 0 Å². The Hall–Kier alpha value is -0.730. The number of hydrogen-bond acceptors (Lipinski definition) is 6. The van der Waals surface area contributed by atoms with Gasteiger partial charge in [-0.05, 0) is 12.8 Å². The zero-order valence-electron chi connectivity index (χ0n) is 13.3. The molecule has 0 aromatic rings. The molecular formula is C14H29NO6. The zero-order valence-corrected chi connectivity index (χ0v) is 12.3. The van der Waals surface area contributed by atoms with Gasteiger partial charge in [-0.3, -0.25) is 4.79 Å². The molecule has 1 amide bonds. The maximum absolute atomic E-state index is 11.4. The van der Waals surface area contributed by atoms with Crippen molar-refractivity contribution in [2.24, 2.45) is 5.73 Å². The van der Waals surface area contributed by atoms with Crippen molar-refractivity contribution in [3.63, 3.8) is 0 Å². The molecule has 0 aromatic heterocycles. The van der Waals surface area contributed by atoms with Gasteiger partial charge in [-0.25, -0.2) is 0 Å². The van der Waals surface area contributed by atoms with E-state index in [4.69, 9.17) is 12.2 Å². The van der Waals surface area contributed by atoms with Crippen LogP contribution in [0.4, 0.5) is 0 Å². The van der Waals surface area contributed by atoms with Crippen molar-refractivity contribution in [2.75, 3.05) is 6.61 Å². The highest BCUT2D eigenvalue weighted by atomic mass is 16.4. The standard InChI is InChI=1S/C14H29NO6/c1-2-3-4-5-6-7-8-14(21,13(15)20)12(19)11(18)10(17)9-16/h10-12,16-19,21H,2-9H2,1H3,(H2,15,20)/t10-,11-,12+,14-/m1/s1/i1D. The third-order valence-electron chi connectivity index (χ3n) is 3.63. The lowest BCUT2D eigenvalue weighted by atomic mass is 9.85. The number of amides is 1. The Labute approximate surface area is 126 Å². The fourth-order valence-corrected chi connectivity index (χ4v) is 2.12. The van der Waals surface area contributed by atoms with Gasteiger partial charge in [0, 0.05) is 1.37 Å². The number of aliphatic hydroxyl groups excluding tert-OH is 4. The molecule has 0 aliphatic rings. The molecule has 0 radical (unpaired) electrons. The lowest BCUT2D eigenvalue weighted by Gasteiger charge is -2.34. The minimum Gasteiger partial charge on any atom is -0.394 e. The molecular weight excluding hydrogens is 278 g/mol. The Morgan fingerprint density at radius 2 is 1.76 bits per heavy atom. The Morgan fingerprint density at radius 1 is 1.19 bits per heavy atom. The number of primary amides is 1. The van der Waals surface area contributed by atoms with E-state index in [0.29, 0.717) is 19.7 Å². The number of aliphatic hydroxyl groups is 5. The van der Waals surface area contributed by atoms with E-state index in [0.717, 1.165) is 25.7 Å².